The number of nitrogens with zero attached hydrogens (tertiary/aromatic N) is 1. The fraction of sp³-hybridized carbons (Fsp3) is 0.188. The number of carbonyl (C=O) groups is 1. The van der Waals surface area contributed by atoms with E-state index < -0.39 is 26.9 Å². The minimum Gasteiger partial charge on any atom is -0.324 e. The molecule has 0 saturated heterocycles. The quantitative estimate of drug-likeness (QED) is 0.527. The summed E-state index contributed by atoms with van der Waals surface area (Å²) in [6.45, 7) is 3.06. The highest BCUT2D eigenvalue weighted by atomic mass is 79.9. The fourth-order valence-electron chi connectivity index (χ4n) is 2.07. The highest BCUT2D eigenvalue weighted by molar-refractivity contribution is 9.10. The molecule has 0 aromatic heterocycles. The Morgan fingerprint density at radius 3 is 2.38 bits per heavy atom. The third-order valence-corrected chi connectivity index (χ3v) is 5.62. The van der Waals surface area contributed by atoms with E-state index >= 15 is 0 Å². The molecule has 26 heavy (non-hydrogen) atoms. The molecular weight excluding hydrogens is 426 g/mol. The highest BCUT2D eigenvalue weighted by Gasteiger charge is 2.23. The van der Waals surface area contributed by atoms with Gasteiger partial charge in [-0.3, -0.25) is 14.9 Å². The first-order valence-electron chi connectivity index (χ1n) is 7.44. The Morgan fingerprint density at radius 1 is 1.19 bits per heavy atom. The Bertz CT molecular complexity index is 945. The first kappa shape index (κ1) is 20.0. The molecule has 2 N–H and O–H groups in total. The van der Waals surface area contributed by atoms with E-state index in [1.165, 1.54) is 37.3 Å². The van der Waals surface area contributed by atoms with Gasteiger partial charge in [0.1, 0.15) is 0 Å². The van der Waals surface area contributed by atoms with Crippen molar-refractivity contribution in [3.05, 3.63) is 62.6 Å². The number of nitro benzene ring substituents is 1. The zero-order valence-corrected chi connectivity index (χ0v) is 16.3. The molecular formula is C16H16BrN3O5S. The molecule has 0 fully saturated rings. The Morgan fingerprint density at radius 2 is 1.81 bits per heavy atom. The predicted molar refractivity (Wildman–Crippen MR) is 100 cm³/mol. The van der Waals surface area contributed by atoms with E-state index in [0.717, 1.165) is 4.47 Å². The number of non-ortho nitro benzene ring substituents is 1. The van der Waals surface area contributed by atoms with Crippen LogP contribution in [0.25, 0.3) is 0 Å². The average Bonchev–Trinajstić information content (AvgIpc) is 2.56. The maximum absolute atomic E-state index is 12.3. The van der Waals surface area contributed by atoms with Gasteiger partial charge < -0.3 is 5.32 Å². The zero-order valence-electron chi connectivity index (χ0n) is 13.9. The fourth-order valence-corrected chi connectivity index (χ4v) is 3.53. The third-order valence-electron chi connectivity index (χ3n) is 3.54. The predicted octanol–water partition coefficient (Wildman–Crippen LogP) is 2.97. The summed E-state index contributed by atoms with van der Waals surface area (Å²) in [4.78, 5) is 22.6. The van der Waals surface area contributed by atoms with Crippen LogP contribution in [0.2, 0.25) is 0 Å². The number of amides is 1. The number of nitrogens with one attached hydrogen (secondary N) is 2. The molecule has 2 aromatic rings. The second-order valence-electron chi connectivity index (χ2n) is 5.54. The standard InChI is InChI=1S/C16H16BrN3O5S/c1-10-3-6-13(20(22)23)9-15(10)18-16(21)11(2)19-26(24,25)14-7-4-12(17)5-8-14/h3-9,11,19H,1-2H3,(H,18,21)/t11-/m0/s1. The van der Waals surface area contributed by atoms with Crippen molar-refractivity contribution in [1.29, 1.82) is 0 Å². The van der Waals surface area contributed by atoms with Crippen LogP contribution in [-0.2, 0) is 14.8 Å². The largest absolute Gasteiger partial charge is 0.324 e. The molecule has 1 amide bonds. The van der Waals surface area contributed by atoms with Crippen LogP contribution in [0, 0.1) is 17.0 Å². The third kappa shape index (κ3) is 4.87. The number of nitro groups is 1. The number of hydrogen-bond donors (Lipinski definition) is 2. The lowest BCUT2D eigenvalue weighted by atomic mass is 10.1. The molecule has 138 valence electrons. The normalized spacial score (nSPS) is 12.4. The number of rotatable bonds is 6. The molecule has 0 spiro atoms. The topological polar surface area (TPSA) is 118 Å². The average molecular weight is 442 g/mol. The van der Waals surface area contributed by atoms with E-state index in [1.807, 2.05) is 0 Å². The van der Waals surface area contributed by atoms with Gasteiger partial charge in [-0.2, -0.15) is 4.72 Å². The zero-order chi connectivity index (χ0) is 19.5. The molecule has 0 aliphatic heterocycles. The van der Waals surface area contributed by atoms with Crippen LogP contribution in [0.1, 0.15) is 12.5 Å². The van der Waals surface area contributed by atoms with Crippen LogP contribution >= 0.6 is 15.9 Å². The maximum atomic E-state index is 12.3. The Hall–Kier alpha value is -2.30. The number of anilines is 1. The van der Waals surface area contributed by atoms with Gasteiger partial charge in [0.05, 0.1) is 21.5 Å². The maximum Gasteiger partial charge on any atom is 0.271 e. The molecule has 0 heterocycles. The van der Waals surface area contributed by atoms with Gasteiger partial charge in [0, 0.05) is 16.6 Å². The van der Waals surface area contributed by atoms with Crippen LogP contribution in [0.15, 0.2) is 51.8 Å². The summed E-state index contributed by atoms with van der Waals surface area (Å²) >= 11 is 3.22. The molecule has 2 rings (SSSR count). The molecule has 2 aromatic carbocycles. The molecule has 0 radical (unpaired) electrons. The van der Waals surface area contributed by atoms with Crippen molar-refractivity contribution in [3.8, 4) is 0 Å². The number of sulfonamides is 1. The van der Waals surface area contributed by atoms with E-state index in [2.05, 4.69) is 26.0 Å². The van der Waals surface area contributed by atoms with Gasteiger partial charge in [0.15, 0.2) is 0 Å². The summed E-state index contributed by atoms with van der Waals surface area (Å²) < 4.78 is 27.7. The number of halogens is 1. The molecule has 0 aliphatic rings. The number of benzene rings is 2. The Balaban J connectivity index is 2.14. The van der Waals surface area contributed by atoms with Crippen molar-refractivity contribution >= 4 is 43.2 Å². The summed E-state index contributed by atoms with van der Waals surface area (Å²) in [6.07, 6.45) is 0. The first-order valence-corrected chi connectivity index (χ1v) is 9.71. The van der Waals surface area contributed by atoms with Gasteiger partial charge in [0.2, 0.25) is 15.9 Å². The number of aryl methyl sites for hydroxylation is 1. The van der Waals surface area contributed by atoms with E-state index in [0.29, 0.717) is 5.56 Å². The second-order valence-corrected chi connectivity index (χ2v) is 8.17. The molecule has 0 unspecified atom stereocenters. The number of hydrogen-bond acceptors (Lipinski definition) is 5. The van der Waals surface area contributed by atoms with Crippen LogP contribution in [0.4, 0.5) is 11.4 Å². The van der Waals surface area contributed by atoms with Crippen molar-refractivity contribution in [2.24, 2.45) is 0 Å². The number of carbonyl (C=O) groups excluding carboxylic acids is 1. The van der Waals surface area contributed by atoms with Gasteiger partial charge in [-0.1, -0.05) is 22.0 Å². The summed E-state index contributed by atoms with van der Waals surface area (Å²) in [5, 5.41) is 13.4. The van der Waals surface area contributed by atoms with Gasteiger partial charge >= 0.3 is 0 Å². The van der Waals surface area contributed by atoms with Gasteiger partial charge in [0.25, 0.3) is 5.69 Å². The van der Waals surface area contributed by atoms with Gasteiger partial charge in [-0.15, -0.1) is 0 Å². The summed E-state index contributed by atoms with van der Waals surface area (Å²) in [5.41, 5.74) is 0.694. The van der Waals surface area contributed by atoms with Crippen molar-refractivity contribution < 1.29 is 18.1 Å². The lowest BCUT2D eigenvalue weighted by molar-refractivity contribution is -0.384. The molecule has 8 nitrogen and oxygen atoms in total. The van der Waals surface area contributed by atoms with Crippen LogP contribution in [0.5, 0.6) is 0 Å². The summed E-state index contributed by atoms with van der Waals surface area (Å²) in [6, 6.07) is 8.93. The highest BCUT2D eigenvalue weighted by Crippen LogP contribution is 2.22. The van der Waals surface area contributed by atoms with Gasteiger partial charge in [-0.25, -0.2) is 8.42 Å². The Kier molecular flexibility index (Phi) is 6.11. The summed E-state index contributed by atoms with van der Waals surface area (Å²) in [5.74, 6) is -0.630. The molecule has 10 heteroatoms. The lowest BCUT2D eigenvalue weighted by Crippen LogP contribution is -2.41. The summed E-state index contributed by atoms with van der Waals surface area (Å²) in [7, 11) is -3.89. The minimum atomic E-state index is -3.89. The SMILES string of the molecule is Cc1ccc([N+](=O)[O-])cc1NC(=O)[C@H](C)NS(=O)(=O)c1ccc(Br)cc1. The molecule has 0 aliphatic carbocycles. The van der Waals surface area contributed by atoms with Crippen LogP contribution in [0.3, 0.4) is 0 Å². The van der Waals surface area contributed by atoms with Gasteiger partial charge in [-0.05, 0) is 43.7 Å². The van der Waals surface area contributed by atoms with E-state index in [-0.39, 0.29) is 16.3 Å². The van der Waals surface area contributed by atoms with Crippen molar-refractivity contribution in [2.75, 3.05) is 5.32 Å². The molecule has 0 bridgehead atoms. The monoisotopic (exact) mass is 441 g/mol. The van der Waals surface area contributed by atoms with E-state index in [1.54, 1.807) is 19.1 Å². The lowest BCUT2D eigenvalue weighted by Gasteiger charge is -2.15. The van der Waals surface area contributed by atoms with E-state index in [9.17, 15) is 23.3 Å². The minimum absolute atomic E-state index is 0.0203. The molecule has 1 atom stereocenters. The van der Waals surface area contributed by atoms with Crippen molar-refractivity contribution in [3.63, 3.8) is 0 Å². The van der Waals surface area contributed by atoms with Crippen LogP contribution < -0.4 is 10.0 Å². The van der Waals surface area contributed by atoms with Crippen molar-refractivity contribution in [2.45, 2.75) is 24.8 Å². The second kappa shape index (κ2) is 7.94. The smallest absolute Gasteiger partial charge is 0.271 e. The van der Waals surface area contributed by atoms with Crippen molar-refractivity contribution in [1.82, 2.24) is 4.72 Å². The molecule has 0 saturated carbocycles. The first-order chi connectivity index (χ1) is 12.1. The van der Waals surface area contributed by atoms with Crippen LogP contribution in [-0.4, -0.2) is 25.3 Å². The van der Waals surface area contributed by atoms with E-state index in [4.69, 9.17) is 0 Å². The Labute approximate surface area is 158 Å².